The van der Waals surface area contributed by atoms with E-state index in [1.165, 1.54) is 0 Å². The number of carbonyl (C=O) groups is 2. The minimum atomic E-state index is -0.549. The summed E-state index contributed by atoms with van der Waals surface area (Å²) in [5.41, 5.74) is 0. The van der Waals surface area contributed by atoms with Crippen LogP contribution in [-0.4, -0.2) is 49.4 Å². The standard InChI is InChI=1S/C9H15N3O2/c1-2-3-11-8(13)9(14)12-6-4-10-5-7-12/h2,10H,1,3-7H2,(H,11,13). The van der Waals surface area contributed by atoms with Crippen molar-refractivity contribution in [2.45, 2.75) is 0 Å². The van der Waals surface area contributed by atoms with E-state index < -0.39 is 11.8 Å². The maximum absolute atomic E-state index is 11.5. The van der Waals surface area contributed by atoms with Crippen molar-refractivity contribution >= 4 is 11.8 Å². The van der Waals surface area contributed by atoms with Crippen LogP contribution in [0.15, 0.2) is 12.7 Å². The molecule has 1 fully saturated rings. The Kier molecular flexibility index (Phi) is 4.12. The zero-order chi connectivity index (χ0) is 10.4. The van der Waals surface area contributed by atoms with Crippen LogP contribution in [0.2, 0.25) is 0 Å². The number of carbonyl (C=O) groups excluding carboxylic acids is 2. The van der Waals surface area contributed by atoms with Crippen LogP contribution in [0.25, 0.3) is 0 Å². The summed E-state index contributed by atoms with van der Waals surface area (Å²) in [7, 11) is 0. The Morgan fingerprint density at radius 1 is 1.43 bits per heavy atom. The third-order valence-electron chi connectivity index (χ3n) is 2.01. The van der Waals surface area contributed by atoms with E-state index in [0.29, 0.717) is 19.6 Å². The van der Waals surface area contributed by atoms with E-state index in [4.69, 9.17) is 0 Å². The minimum Gasteiger partial charge on any atom is -0.344 e. The molecular weight excluding hydrogens is 182 g/mol. The van der Waals surface area contributed by atoms with Crippen LogP contribution in [0.4, 0.5) is 0 Å². The van der Waals surface area contributed by atoms with E-state index in [0.717, 1.165) is 13.1 Å². The van der Waals surface area contributed by atoms with E-state index in [1.807, 2.05) is 0 Å². The fraction of sp³-hybridized carbons (Fsp3) is 0.556. The predicted octanol–water partition coefficient (Wildman–Crippen LogP) is -1.28. The van der Waals surface area contributed by atoms with Crippen molar-refractivity contribution in [1.29, 1.82) is 0 Å². The molecule has 1 saturated heterocycles. The average molecular weight is 197 g/mol. The molecule has 5 heteroatoms. The highest BCUT2D eigenvalue weighted by Crippen LogP contribution is 1.93. The van der Waals surface area contributed by atoms with Gasteiger partial charge in [0.2, 0.25) is 0 Å². The quantitative estimate of drug-likeness (QED) is 0.428. The molecular formula is C9H15N3O2. The summed E-state index contributed by atoms with van der Waals surface area (Å²) < 4.78 is 0. The summed E-state index contributed by atoms with van der Waals surface area (Å²) in [5, 5.41) is 5.57. The summed E-state index contributed by atoms with van der Waals surface area (Å²) >= 11 is 0. The zero-order valence-electron chi connectivity index (χ0n) is 8.08. The summed E-state index contributed by atoms with van der Waals surface area (Å²) in [6.45, 7) is 6.48. The second kappa shape index (κ2) is 5.39. The second-order valence-corrected chi connectivity index (χ2v) is 3.04. The van der Waals surface area contributed by atoms with Crippen LogP contribution in [-0.2, 0) is 9.59 Å². The number of hydrogen-bond donors (Lipinski definition) is 2. The van der Waals surface area contributed by atoms with Gasteiger partial charge in [-0.05, 0) is 0 Å². The third kappa shape index (κ3) is 2.85. The number of piperazine rings is 1. The lowest BCUT2D eigenvalue weighted by Crippen LogP contribution is -2.51. The third-order valence-corrected chi connectivity index (χ3v) is 2.01. The Bertz CT molecular complexity index is 234. The maximum atomic E-state index is 11.5. The van der Waals surface area contributed by atoms with Gasteiger partial charge in [-0.15, -0.1) is 6.58 Å². The van der Waals surface area contributed by atoms with Gasteiger partial charge in [0.05, 0.1) is 0 Å². The molecule has 1 rings (SSSR count). The molecule has 2 amide bonds. The smallest absolute Gasteiger partial charge is 0.311 e. The Morgan fingerprint density at radius 3 is 2.64 bits per heavy atom. The summed E-state index contributed by atoms with van der Waals surface area (Å²) in [6.07, 6.45) is 1.54. The lowest BCUT2D eigenvalue weighted by Gasteiger charge is -2.26. The largest absolute Gasteiger partial charge is 0.344 e. The molecule has 2 N–H and O–H groups in total. The first-order valence-corrected chi connectivity index (χ1v) is 4.64. The molecule has 0 atom stereocenters. The first-order valence-electron chi connectivity index (χ1n) is 4.64. The van der Waals surface area contributed by atoms with E-state index >= 15 is 0 Å². The van der Waals surface area contributed by atoms with Gasteiger partial charge in [-0.1, -0.05) is 6.08 Å². The van der Waals surface area contributed by atoms with Crippen LogP contribution in [0.5, 0.6) is 0 Å². The lowest BCUT2D eigenvalue weighted by atomic mass is 10.3. The minimum absolute atomic E-state index is 0.330. The Morgan fingerprint density at radius 2 is 2.07 bits per heavy atom. The molecule has 0 aromatic carbocycles. The Hall–Kier alpha value is -1.36. The molecule has 0 unspecified atom stereocenters. The SMILES string of the molecule is C=CCNC(=O)C(=O)N1CCNCC1. The van der Waals surface area contributed by atoms with Gasteiger partial charge >= 0.3 is 11.8 Å². The lowest BCUT2D eigenvalue weighted by molar-refractivity contribution is -0.146. The van der Waals surface area contributed by atoms with Crippen molar-refractivity contribution in [2.75, 3.05) is 32.7 Å². The zero-order valence-corrected chi connectivity index (χ0v) is 8.08. The highest BCUT2D eigenvalue weighted by Gasteiger charge is 2.22. The maximum Gasteiger partial charge on any atom is 0.311 e. The molecule has 0 aromatic rings. The van der Waals surface area contributed by atoms with E-state index in [1.54, 1.807) is 11.0 Å². The predicted molar refractivity (Wildman–Crippen MR) is 52.7 cm³/mol. The molecule has 1 heterocycles. The van der Waals surface area contributed by atoms with Crippen molar-refractivity contribution in [3.8, 4) is 0 Å². The molecule has 0 spiro atoms. The highest BCUT2D eigenvalue weighted by molar-refractivity contribution is 6.35. The fourth-order valence-corrected chi connectivity index (χ4v) is 1.25. The first-order chi connectivity index (χ1) is 6.75. The van der Waals surface area contributed by atoms with E-state index in [2.05, 4.69) is 17.2 Å². The summed E-state index contributed by atoms with van der Waals surface area (Å²) in [6, 6.07) is 0. The monoisotopic (exact) mass is 197 g/mol. The van der Waals surface area contributed by atoms with Gasteiger partial charge < -0.3 is 15.5 Å². The molecule has 0 bridgehead atoms. The molecule has 0 aromatic heterocycles. The fourth-order valence-electron chi connectivity index (χ4n) is 1.25. The normalized spacial score (nSPS) is 16.1. The first kappa shape index (κ1) is 10.7. The van der Waals surface area contributed by atoms with Crippen molar-refractivity contribution in [3.05, 3.63) is 12.7 Å². The molecule has 14 heavy (non-hydrogen) atoms. The molecule has 78 valence electrons. The van der Waals surface area contributed by atoms with Crippen molar-refractivity contribution in [1.82, 2.24) is 15.5 Å². The van der Waals surface area contributed by atoms with Crippen molar-refractivity contribution < 1.29 is 9.59 Å². The Labute approximate surface area is 83.1 Å². The Balaban J connectivity index is 2.38. The molecule has 0 radical (unpaired) electrons. The van der Waals surface area contributed by atoms with E-state index in [-0.39, 0.29) is 0 Å². The molecule has 0 aliphatic carbocycles. The number of nitrogens with one attached hydrogen (secondary N) is 2. The van der Waals surface area contributed by atoms with Gasteiger partial charge in [-0.25, -0.2) is 0 Å². The number of nitrogens with zero attached hydrogens (tertiary/aromatic N) is 1. The topological polar surface area (TPSA) is 61.4 Å². The van der Waals surface area contributed by atoms with Crippen molar-refractivity contribution in [3.63, 3.8) is 0 Å². The van der Waals surface area contributed by atoms with Gasteiger partial charge in [-0.2, -0.15) is 0 Å². The van der Waals surface area contributed by atoms with Gasteiger partial charge in [0.1, 0.15) is 0 Å². The van der Waals surface area contributed by atoms with Crippen LogP contribution in [0, 0.1) is 0 Å². The molecule has 1 aliphatic rings. The van der Waals surface area contributed by atoms with Crippen LogP contribution in [0.1, 0.15) is 0 Å². The van der Waals surface area contributed by atoms with Crippen LogP contribution >= 0.6 is 0 Å². The molecule has 1 aliphatic heterocycles. The van der Waals surface area contributed by atoms with Crippen LogP contribution in [0.3, 0.4) is 0 Å². The summed E-state index contributed by atoms with van der Waals surface area (Å²) in [5.74, 6) is -1.000. The van der Waals surface area contributed by atoms with Crippen molar-refractivity contribution in [2.24, 2.45) is 0 Å². The highest BCUT2D eigenvalue weighted by atomic mass is 16.2. The molecule has 0 saturated carbocycles. The van der Waals surface area contributed by atoms with Crippen LogP contribution < -0.4 is 10.6 Å². The number of amides is 2. The second-order valence-electron chi connectivity index (χ2n) is 3.04. The average Bonchev–Trinajstić information content (AvgIpc) is 2.26. The summed E-state index contributed by atoms with van der Waals surface area (Å²) in [4.78, 5) is 24.2. The number of hydrogen-bond acceptors (Lipinski definition) is 3. The number of rotatable bonds is 2. The van der Waals surface area contributed by atoms with Gasteiger partial charge in [0.15, 0.2) is 0 Å². The van der Waals surface area contributed by atoms with E-state index in [9.17, 15) is 9.59 Å². The van der Waals surface area contributed by atoms with Gasteiger partial charge in [0.25, 0.3) is 0 Å². The molecule has 5 nitrogen and oxygen atoms in total. The van der Waals surface area contributed by atoms with Gasteiger partial charge in [-0.3, -0.25) is 9.59 Å². The van der Waals surface area contributed by atoms with Gasteiger partial charge in [0, 0.05) is 32.7 Å².